The zero-order valence-electron chi connectivity index (χ0n) is 7.18. The summed E-state index contributed by atoms with van der Waals surface area (Å²) in [7, 11) is 0. The number of anilines is 1. The summed E-state index contributed by atoms with van der Waals surface area (Å²) in [6.07, 6.45) is 2.10. The van der Waals surface area contributed by atoms with Gasteiger partial charge in [0.2, 0.25) is 5.91 Å². The molecule has 3 nitrogen and oxygen atoms in total. The summed E-state index contributed by atoms with van der Waals surface area (Å²) in [5.74, 6) is 0.112. The monoisotopic (exact) mass is 174 g/mol. The van der Waals surface area contributed by atoms with E-state index < -0.39 is 0 Å². The molecule has 66 valence electrons. The van der Waals surface area contributed by atoms with E-state index in [0.717, 1.165) is 5.69 Å². The Morgan fingerprint density at radius 3 is 2.69 bits per heavy atom. The van der Waals surface area contributed by atoms with Crippen LogP contribution in [0.15, 0.2) is 35.3 Å². The number of aliphatic imine (C=N–C) groups is 1. The standard InChI is InChI=1S/C10H10N2O/c13-10-6-7-11-8-12(10)9-4-2-1-3-5-9/h1-5,8H,6-7H2. The lowest BCUT2D eigenvalue weighted by molar-refractivity contribution is -0.117. The number of rotatable bonds is 1. The van der Waals surface area contributed by atoms with Crippen molar-refractivity contribution in [1.29, 1.82) is 0 Å². The van der Waals surface area contributed by atoms with Crippen molar-refractivity contribution in [2.24, 2.45) is 4.99 Å². The zero-order chi connectivity index (χ0) is 9.10. The van der Waals surface area contributed by atoms with E-state index in [0.29, 0.717) is 13.0 Å². The second-order valence-corrected chi connectivity index (χ2v) is 2.87. The maximum absolute atomic E-state index is 11.4. The van der Waals surface area contributed by atoms with Crippen LogP contribution in [-0.2, 0) is 4.79 Å². The van der Waals surface area contributed by atoms with Crippen LogP contribution in [0, 0.1) is 0 Å². The van der Waals surface area contributed by atoms with Gasteiger partial charge in [-0.15, -0.1) is 0 Å². The third kappa shape index (κ3) is 1.59. The highest BCUT2D eigenvalue weighted by molar-refractivity contribution is 6.09. The molecule has 0 saturated heterocycles. The lowest BCUT2D eigenvalue weighted by Crippen LogP contribution is -2.32. The van der Waals surface area contributed by atoms with Crippen molar-refractivity contribution in [3.8, 4) is 0 Å². The van der Waals surface area contributed by atoms with E-state index >= 15 is 0 Å². The van der Waals surface area contributed by atoms with Crippen molar-refractivity contribution in [2.75, 3.05) is 11.4 Å². The van der Waals surface area contributed by atoms with Gasteiger partial charge in [0.15, 0.2) is 0 Å². The largest absolute Gasteiger partial charge is 0.274 e. The van der Waals surface area contributed by atoms with Crippen molar-refractivity contribution in [3.63, 3.8) is 0 Å². The lowest BCUT2D eigenvalue weighted by atomic mass is 10.2. The SMILES string of the molecule is O=C1CCN=CN1c1ccccc1. The molecule has 0 aromatic heterocycles. The van der Waals surface area contributed by atoms with Gasteiger partial charge in [-0.2, -0.15) is 0 Å². The molecule has 0 spiro atoms. The van der Waals surface area contributed by atoms with Crippen molar-refractivity contribution in [2.45, 2.75) is 6.42 Å². The van der Waals surface area contributed by atoms with Gasteiger partial charge in [0.25, 0.3) is 0 Å². The summed E-state index contributed by atoms with van der Waals surface area (Å²) < 4.78 is 0. The molecule has 2 rings (SSSR count). The molecule has 13 heavy (non-hydrogen) atoms. The summed E-state index contributed by atoms with van der Waals surface area (Å²) in [5, 5.41) is 0. The topological polar surface area (TPSA) is 32.7 Å². The molecule has 1 aliphatic rings. The molecule has 0 N–H and O–H groups in total. The molecular formula is C10H10N2O. The Morgan fingerprint density at radius 2 is 2.00 bits per heavy atom. The lowest BCUT2D eigenvalue weighted by Gasteiger charge is -2.20. The number of carbonyl (C=O) groups is 1. The predicted molar refractivity (Wildman–Crippen MR) is 51.9 cm³/mol. The molecule has 0 atom stereocenters. The van der Waals surface area contributed by atoms with E-state index in [1.54, 1.807) is 11.2 Å². The number of nitrogens with zero attached hydrogens (tertiary/aromatic N) is 2. The van der Waals surface area contributed by atoms with E-state index in [9.17, 15) is 4.79 Å². The van der Waals surface area contributed by atoms with Crippen molar-refractivity contribution >= 4 is 17.9 Å². The number of benzene rings is 1. The fourth-order valence-corrected chi connectivity index (χ4v) is 1.28. The van der Waals surface area contributed by atoms with Gasteiger partial charge in [-0.1, -0.05) is 18.2 Å². The van der Waals surface area contributed by atoms with Crippen LogP contribution in [0.3, 0.4) is 0 Å². The highest BCUT2D eigenvalue weighted by atomic mass is 16.2. The van der Waals surface area contributed by atoms with Gasteiger partial charge in [-0.3, -0.25) is 14.7 Å². The van der Waals surface area contributed by atoms with Crippen LogP contribution in [0.5, 0.6) is 0 Å². The minimum absolute atomic E-state index is 0.112. The molecular weight excluding hydrogens is 164 g/mol. The molecule has 0 radical (unpaired) electrons. The molecule has 0 bridgehead atoms. The first kappa shape index (κ1) is 7.98. The van der Waals surface area contributed by atoms with Crippen LogP contribution >= 0.6 is 0 Å². The third-order valence-electron chi connectivity index (χ3n) is 1.95. The summed E-state index contributed by atoms with van der Waals surface area (Å²) in [5.41, 5.74) is 0.885. The average molecular weight is 174 g/mol. The molecule has 1 aliphatic heterocycles. The van der Waals surface area contributed by atoms with E-state index in [1.807, 2.05) is 30.3 Å². The maximum Gasteiger partial charge on any atom is 0.234 e. The molecule has 1 heterocycles. The molecule has 1 aromatic carbocycles. The van der Waals surface area contributed by atoms with E-state index in [1.165, 1.54) is 0 Å². The summed E-state index contributed by atoms with van der Waals surface area (Å²) in [4.78, 5) is 17.1. The number of hydrogen-bond acceptors (Lipinski definition) is 2. The number of hydrogen-bond donors (Lipinski definition) is 0. The molecule has 1 aromatic rings. The second kappa shape index (κ2) is 3.39. The highest BCUT2D eigenvalue weighted by Gasteiger charge is 2.15. The first-order valence-electron chi connectivity index (χ1n) is 4.25. The molecule has 0 fully saturated rings. The number of carbonyl (C=O) groups excluding carboxylic acids is 1. The first-order valence-corrected chi connectivity index (χ1v) is 4.25. The fourth-order valence-electron chi connectivity index (χ4n) is 1.28. The van der Waals surface area contributed by atoms with Gasteiger partial charge in [-0.25, -0.2) is 0 Å². The Labute approximate surface area is 76.7 Å². The van der Waals surface area contributed by atoms with Gasteiger partial charge >= 0.3 is 0 Å². The van der Waals surface area contributed by atoms with Gasteiger partial charge in [-0.05, 0) is 12.1 Å². The smallest absolute Gasteiger partial charge is 0.234 e. The normalized spacial score (nSPS) is 16.3. The van der Waals surface area contributed by atoms with E-state index in [4.69, 9.17) is 0 Å². The average Bonchev–Trinajstić information content (AvgIpc) is 2.20. The molecule has 0 saturated carbocycles. The van der Waals surface area contributed by atoms with Crippen LogP contribution in [0.4, 0.5) is 5.69 Å². The minimum atomic E-state index is 0.112. The Kier molecular flexibility index (Phi) is 2.08. The van der Waals surface area contributed by atoms with Crippen molar-refractivity contribution in [3.05, 3.63) is 30.3 Å². The van der Waals surface area contributed by atoms with E-state index in [2.05, 4.69) is 4.99 Å². The van der Waals surface area contributed by atoms with E-state index in [-0.39, 0.29) is 5.91 Å². The minimum Gasteiger partial charge on any atom is -0.274 e. The van der Waals surface area contributed by atoms with Crippen molar-refractivity contribution < 1.29 is 4.79 Å². The molecule has 0 aliphatic carbocycles. The summed E-state index contributed by atoms with van der Waals surface area (Å²) >= 11 is 0. The Morgan fingerprint density at radius 1 is 1.23 bits per heavy atom. The quantitative estimate of drug-likeness (QED) is 0.634. The molecule has 3 heteroatoms. The maximum atomic E-state index is 11.4. The van der Waals surface area contributed by atoms with Gasteiger partial charge in [0.1, 0.15) is 0 Å². The van der Waals surface area contributed by atoms with Crippen molar-refractivity contribution in [1.82, 2.24) is 0 Å². The van der Waals surface area contributed by atoms with Crippen LogP contribution in [-0.4, -0.2) is 18.8 Å². The second-order valence-electron chi connectivity index (χ2n) is 2.87. The summed E-state index contributed by atoms with van der Waals surface area (Å²) in [6, 6.07) is 9.54. The van der Waals surface area contributed by atoms with Gasteiger partial charge in [0, 0.05) is 18.7 Å². The Hall–Kier alpha value is -1.64. The fraction of sp³-hybridized carbons (Fsp3) is 0.200. The van der Waals surface area contributed by atoms with Gasteiger partial charge in [0.05, 0.1) is 6.34 Å². The predicted octanol–water partition coefficient (Wildman–Crippen LogP) is 1.45. The first-order chi connectivity index (χ1) is 6.38. The van der Waals surface area contributed by atoms with Crippen LogP contribution < -0.4 is 4.90 Å². The highest BCUT2D eigenvalue weighted by Crippen LogP contribution is 2.14. The zero-order valence-corrected chi connectivity index (χ0v) is 7.18. The Bertz CT molecular complexity index is 332. The number of amides is 1. The summed E-state index contributed by atoms with van der Waals surface area (Å²) in [6.45, 7) is 0.613. The third-order valence-corrected chi connectivity index (χ3v) is 1.95. The molecule has 1 amide bonds. The van der Waals surface area contributed by atoms with Crippen LogP contribution in [0.1, 0.15) is 6.42 Å². The number of para-hydroxylation sites is 1. The van der Waals surface area contributed by atoms with Crippen LogP contribution in [0.2, 0.25) is 0 Å². The Balaban J connectivity index is 2.30. The van der Waals surface area contributed by atoms with Gasteiger partial charge < -0.3 is 0 Å². The van der Waals surface area contributed by atoms with Crippen LogP contribution in [0.25, 0.3) is 0 Å². The molecule has 0 unspecified atom stereocenters.